The molecule has 1 saturated carbocycles. The fraction of sp³-hybridized carbons (Fsp3) is 0.417. The Morgan fingerprint density at radius 1 is 1.35 bits per heavy atom. The molecule has 0 atom stereocenters. The summed E-state index contributed by atoms with van der Waals surface area (Å²) >= 11 is 0. The van der Waals surface area contributed by atoms with Gasteiger partial charge in [0.15, 0.2) is 11.6 Å². The number of hydrogen-bond donors (Lipinski definition) is 0. The second kappa shape index (κ2) is 5.29. The van der Waals surface area contributed by atoms with Crippen LogP contribution >= 0.6 is 10.7 Å². The van der Waals surface area contributed by atoms with Gasteiger partial charge in [-0.15, -0.1) is 0 Å². The van der Waals surface area contributed by atoms with Gasteiger partial charge in [0.2, 0.25) is 0 Å². The Morgan fingerprint density at radius 2 is 1.90 bits per heavy atom. The SMILES string of the molecule is CN(CC1CC1)C(=O)c1cc(F)c(F)cc1S(=O)(=O)Cl. The largest absolute Gasteiger partial charge is 0.341 e. The predicted octanol–water partition coefficient (Wildman–Crippen LogP) is 2.37. The molecule has 8 heteroatoms. The maximum atomic E-state index is 13.3. The zero-order valence-electron chi connectivity index (χ0n) is 10.6. The molecule has 1 aliphatic rings. The van der Waals surface area contributed by atoms with Crippen LogP contribution in [0.3, 0.4) is 0 Å². The lowest BCUT2D eigenvalue weighted by Gasteiger charge is -2.18. The molecule has 0 spiro atoms. The van der Waals surface area contributed by atoms with E-state index in [2.05, 4.69) is 0 Å². The first-order valence-corrected chi connectivity index (χ1v) is 8.20. The van der Waals surface area contributed by atoms with Crippen molar-refractivity contribution in [1.29, 1.82) is 0 Å². The molecule has 0 aromatic heterocycles. The van der Waals surface area contributed by atoms with Crippen molar-refractivity contribution in [3.05, 3.63) is 29.3 Å². The highest BCUT2D eigenvalue weighted by atomic mass is 35.7. The zero-order chi connectivity index (χ0) is 15.1. The van der Waals surface area contributed by atoms with Gasteiger partial charge in [0.25, 0.3) is 15.0 Å². The third-order valence-corrected chi connectivity index (χ3v) is 4.45. The van der Waals surface area contributed by atoms with E-state index in [1.165, 1.54) is 11.9 Å². The molecule has 0 radical (unpaired) electrons. The molecule has 1 amide bonds. The molecule has 1 aromatic carbocycles. The molecule has 1 aromatic rings. The van der Waals surface area contributed by atoms with Gasteiger partial charge in [0.1, 0.15) is 0 Å². The molecule has 2 rings (SSSR count). The van der Waals surface area contributed by atoms with Crippen molar-refractivity contribution in [3.63, 3.8) is 0 Å². The normalized spacial score (nSPS) is 15.2. The lowest BCUT2D eigenvalue weighted by Crippen LogP contribution is -2.30. The van der Waals surface area contributed by atoms with Crippen LogP contribution in [0.5, 0.6) is 0 Å². The number of benzene rings is 1. The van der Waals surface area contributed by atoms with Crippen LogP contribution in [-0.2, 0) is 9.05 Å². The van der Waals surface area contributed by atoms with Crippen molar-refractivity contribution in [2.75, 3.05) is 13.6 Å². The average molecular weight is 324 g/mol. The first-order chi connectivity index (χ1) is 9.20. The minimum atomic E-state index is -4.35. The summed E-state index contributed by atoms with van der Waals surface area (Å²) in [4.78, 5) is 12.7. The van der Waals surface area contributed by atoms with Gasteiger partial charge in [-0.1, -0.05) is 0 Å². The fourth-order valence-electron chi connectivity index (χ4n) is 1.87. The maximum Gasteiger partial charge on any atom is 0.262 e. The van der Waals surface area contributed by atoms with Crippen LogP contribution in [0.2, 0.25) is 0 Å². The summed E-state index contributed by atoms with van der Waals surface area (Å²) < 4.78 is 49.2. The summed E-state index contributed by atoms with van der Waals surface area (Å²) in [6.45, 7) is 0.444. The molecule has 0 heterocycles. The van der Waals surface area contributed by atoms with Gasteiger partial charge in [-0.05, 0) is 30.9 Å². The molecule has 0 bridgehead atoms. The lowest BCUT2D eigenvalue weighted by molar-refractivity contribution is 0.0784. The second-order valence-corrected chi connectivity index (χ2v) is 7.36. The van der Waals surface area contributed by atoms with Gasteiger partial charge >= 0.3 is 0 Å². The quantitative estimate of drug-likeness (QED) is 0.799. The van der Waals surface area contributed by atoms with E-state index in [1.807, 2.05) is 0 Å². The van der Waals surface area contributed by atoms with Crippen LogP contribution in [0.15, 0.2) is 17.0 Å². The van der Waals surface area contributed by atoms with E-state index in [1.54, 1.807) is 0 Å². The molecule has 4 nitrogen and oxygen atoms in total. The number of amides is 1. The Balaban J connectivity index is 2.43. The molecule has 0 unspecified atom stereocenters. The highest BCUT2D eigenvalue weighted by Crippen LogP contribution is 2.30. The summed E-state index contributed by atoms with van der Waals surface area (Å²) in [5, 5.41) is 0. The topological polar surface area (TPSA) is 54.5 Å². The van der Waals surface area contributed by atoms with Crippen LogP contribution in [0, 0.1) is 17.6 Å². The Hall–Kier alpha value is -1.21. The Kier molecular flexibility index (Phi) is 4.02. The van der Waals surface area contributed by atoms with Crippen LogP contribution in [0.4, 0.5) is 8.78 Å². The van der Waals surface area contributed by atoms with E-state index in [9.17, 15) is 22.0 Å². The van der Waals surface area contributed by atoms with E-state index in [4.69, 9.17) is 10.7 Å². The van der Waals surface area contributed by atoms with E-state index in [0.717, 1.165) is 12.8 Å². The summed E-state index contributed by atoms with van der Waals surface area (Å²) in [7, 11) is 2.30. The summed E-state index contributed by atoms with van der Waals surface area (Å²) in [5.41, 5.74) is -0.456. The van der Waals surface area contributed by atoms with E-state index >= 15 is 0 Å². The van der Waals surface area contributed by atoms with Crippen molar-refractivity contribution >= 4 is 25.6 Å². The Bertz CT molecular complexity index is 659. The van der Waals surface area contributed by atoms with Crippen molar-refractivity contribution in [2.45, 2.75) is 17.7 Å². The molecule has 20 heavy (non-hydrogen) atoms. The van der Waals surface area contributed by atoms with Gasteiger partial charge in [-0.25, -0.2) is 17.2 Å². The van der Waals surface area contributed by atoms with Gasteiger partial charge < -0.3 is 4.90 Å². The van der Waals surface area contributed by atoms with Crippen molar-refractivity contribution < 1.29 is 22.0 Å². The summed E-state index contributed by atoms with van der Waals surface area (Å²) in [6, 6.07) is 0.992. The van der Waals surface area contributed by atoms with Gasteiger partial charge in [0.05, 0.1) is 10.5 Å². The third kappa shape index (κ3) is 3.27. The Morgan fingerprint density at radius 3 is 2.40 bits per heavy atom. The van der Waals surface area contributed by atoms with Gasteiger partial charge in [-0.2, -0.15) is 0 Å². The number of carbonyl (C=O) groups is 1. The number of nitrogens with zero attached hydrogens (tertiary/aromatic N) is 1. The molecule has 0 N–H and O–H groups in total. The van der Waals surface area contributed by atoms with Crippen LogP contribution in [-0.4, -0.2) is 32.8 Å². The third-order valence-electron chi connectivity index (χ3n) is 3.09. The van der Waals surface area contributed by atoms with Crippen molar-refractivity contribution in [1.82, 2.24) is 4.90 Å². The van der Waals surface area contributed by atoms with Gasteiger partial charge in [0, 0.05) is 24.3 Å². The molecule has 1 fully saturated rings. The first-order valence-electron chi connectivity index (χ1n) is 5.89. The molecular weight excluding hydrogens is 312 g/mol. The van der Waals surface area contributed by atoms with E-state index < -0.39 is 37.1 Å². The van der Waals surface area contributed by atoms with E-state index in [-0.39, 0.29) is 0 Å². The lowest BCUT2D eigenvalue weighted by atomic mass is 10.2. The van der Waals surface area contributed by atoms with Crippen molar-refractivity contribution in [2.24, 2.45) is 5.92 Å². The molecule has 1 aliphatic carbocycles. The van der Waals surface area contributed by atoms with Crippen LogP contribution < -0.4 is 0 Å². The molecule has 0 saturated heterocycles. The number of halogens is 3. The monoisotopic (exact) mass is 323 g/mol. The maximum absolute atomic E-state index is 13.3. The van der Waals surface area contributed by atoms with Crippen LogP contribution in [0.25, 0.3) is 0 Å². The standard InChI is InChI=1S/C12H12ClF2NO3S/c1-16(6-7-2-3-7)12(17)8-4-9(14)10(15)5-11(8)20(13,18)19/h4-5,7H,2-3,6H2,1H3. The summed E-state index contributed by atoms with van der Waals surface area (Å²) in [6.07, 6.45) is 1.99. The first kappa shape index (κ1) is 15.2. The van der Waals surface area contributed by atoms with Gasteiger partial charge in [-0.3, -0.25) is 4.79 Å². The molecule has 0 aliphatic heterocycles. The molecular formula is C12H12ClF2NO3S. The number of hydrogen-bond acceptors (Lipinski definition) is 3. The average Bonchev–Trinajstić information content (AvgIpc) is 3.13. The minimum Gasteiger partial charge on any atom is -0.341 e. The van der Waals surface area contributed by atoms with E-state index in [0.29, 0.717) is 24.6 Å². The van der Waals surface area contributed by atoms with Crippen molar-refractivity contribution in [3.8, 4) is 0 Å². The highest BCUT2D eigenvalue weighted by molar-refractivity contribution is 8.13. The highest BCUT2D eigenvalue weighted by Gasteiger charge is 2.29. The number of rotatable bonds is 4. The smallest absolute Gasteiger partial charge is 0.262 e. The summed E-state index contributed by atoms with van der Waals surface area (Å²) in [5.74, 6) is -2.98. The number of carbonyl (C=O) groups excluding carboxylic acids is 1. The predicted molar refractivity (Wildman–Crippen MR) is 69.1 cm³/mol. The fourth-order valence-corrected chi connectivity index (χ4v) is 2.91. The van der Waals surface area contributed by atoms with Crippen LogP contribution in [0.1, 0.15) is 23.2 Å². The molecule has 110 valence electrons. The Labute approximate surface area is 119 Å². The zero-order valence-corrected chi connectivity index (χ0v) is 12.1. The minimum absolute atomic E-state index is 0.380. The second-order valence-electron chi connectivity index (χ2n) is 4.83.